The van der Waals surface area contributed by atoms with E-state index in [-0.39, 0.29) is 31.2 Å². The van der Waals surface area contributed by atoms with Crippen LogP contribution in [-0.4, -0.2) is 9.97 Å². The first-order valence-corrected chi connectivity index (χ1v) is 12.9. The van der Waals surface area contributed by atoms with E-state index in [0.717, 1.165) is 43.9 Å². The molecule has 7 rings (SSSR count). The predicted octanol–water partition coefficient (Wildman–Crippen LogP) is 9.44. The molecule has 195 valence electrons. The van der Waals surface area contributed by atoms with E-state index in [1.54, 1.807) is 17.4 Å². The summed E-state index contributed by atoms with van der Waals surface area (Å²) < 4.78 is 53.8. The fourth-order valence-electron chi connectivity index (χ4n) is 4.39. The van der Waals surface area contributed by atoms with Gasteiger partial charge in [-0.3, -0.25) is 0 Å². The first-order chi connectivity index (χ1) is 20.9. The van der Waals surface area contributed by atoms with E-state index in [1.807, 2.05) is 62.5 Å². The Balaban J connectivity index is 0.000000240. The summed E-state index contributed by atoms with van der Waals surface area (Å²) in [4.78, 5) is 9.77. The van der Waals surface area contributed by atoms with Gasteiger partial charge in [-0.1, -0.05) is 46.8 Å². The number of pyridine rings is 2. The van der Waals surface area contributed by atoms with Crippen molar-refractivity contribution >= 4 is 43.4 Å². The molecule has 4 aromatic heterocycles. The topological polar surface area (TPSA) is 38.9 Å². The summed E-state index contributed by atoms with van der Waals surface area (Å²) in [5, 5.41) is 2.92. The number of aromatic nitrogens is 2. The number of nitrogens with zero attached hydrogens (tertiary/aromatic N) is 2. The van der Waals surface area contributed by atoms with Crippen molar-refractivity contribution in [2.75, 3.05) is 0 Å². The minimum Gasteiger partial charge on any atom is -0.499 e. The number of thiophene rings is 1. The Bertz CT molecular complexity index is 2120. The number of hydrogen-bond acceptors (Lipinski definition) is 4. The van der Waals surface area contributed by atoms with Gasteiger partial charge in [-0.15, -0.1) is 65.4 Å². The maximum absolute atomic E-state index is 7.82. The van der Waals surface area contributed by atoms with Crippen molar-refractivity contribution in [3.63, 3.8) is 0 Å². The molecule has 3 nitrogen and oxygen atoms in total. The van der Waals surface area contributed by atoms with Crippen LogP contribution in [0.25, 0.3) is 54.5 Å². The third-order valence-corrected chi connectivity index (χ3v) is 7.33. The van der Waals surface area contributed by atoms with Crippen LogP contribution in [0.15, 0.2) is 89.6 Å². The molecule has 0 aliphatic rings. The van der Waals surface area contributed by atoms with E-state index in [0.29, 0.717) is 16.8 Å². The van der Waals surface area contributed by atoms with Crippen molar-refractivity contribution in [2.45, 2.75) is 27.6 Å². The van der Waals surface area contributed by atoms with Crippen LogP contribution >= 0.6 is 11.3 Å². The average Bonchev–Trinajstić information content (AvgIpc) is 3.57. The van der Waals surface area contributed by atoms with Crippen LogP contribution in [0.1, 0.15) is 29.8 Å². The van der Waals surface area contributed by atoms with Gasteiger partial charge < -0.3 is 14.4 Å². The van der Waals surface area contributed by atoms with E-state index in [4.69, 9.17) is 12.6 Å². The number of rotatable bonds is 2. The van der Waals surface area contributed by atoms with Crippen molar-refractivity contribution < 1.29 is 32.7 Å². The van der Waals surface area contributed by atoms with Crippen LogP contribution in [0.4, 0.5) is 0 Å². The van der Waals surface area contributed by atoms with Crippen molar-refractivity contribution in [1.82, 2.24) is 9.97 Å². The number of hydrogen-bond donors (Lipinski definition) is 0. The Morgan fingerprint density at radius 1 is 0.795 bits per heavy atom. The fourth-order valence-corrected chi connectivity index (χ4v) is 5.38. The van der Waals surface area contributed by atoms with Crippen LogP contribution in [0.5, 0.6) is 0 Å². The molecule has 0 aliphatic carbocycles. The number of aryl methyl sites for hydroxylation is 4. The second kappa shape index (κ2) is 11.2. The first-order valence-electron chi connectivity index (χ1n) is 15.1. The monoisotopic (exact) mass is 709 g/mol. The van der Waals surface area contributed by atoms with E-state index >= 15 is 0 Å². The van der Waals surface area contributed by atoms with Crippen molar-refractivity contribution in [1.29, 1.82) is 0 Å². The van der Waals surface area contributed by atoms with Gasteiger partial charge in [-0.05, 0) is 61.5 Å². The summed E-state index contributed by atoms with van der Waals surface area (Å²) in [7, 11) is 0. The third-order valence-electron chi connectivity index (χ3n) is 6.26. The zero-order chi connectivity index (χ0) is 31.2. The van der Waals surface area contributed by atoms with Crippen molar-refractivity contribution in [3.8, 4) is 22.5 Å². The second-order valence-corrected chi connectivity index (χ2v) is 10.3. The summed E-state index contributed by atoms with van der Waals surface area (Å²) in [6, 6.07) is 29.3. The molecule has 0 saturated heterocycles. The molecule has 4 heterocycles. The van der Waals surface area contributed by atoms with Crippen LogP contribution < -0.4 is 0 Å². The molecule has 0 amide bonds. The van der Waals surface area contributed by atoms with Crippen molar-refractivity contribution in [2.24, 2.45) is 0 Å². The van der Waals surface area contributed by atoms with Gasteiger partial charge in [0.1, 0.15) is 5.58 Å². The van der Waals surface area contributed by atoms with E-state index < -0.39 is 13.7 Å². The number of benzene rings is 3. The molecular weight excluding hydrogens is 677 g/mol. The van der Waals surface area contributed by atoms with Gasteiger partial charge in [0.15, 0.2) is 0 Å². The van der Waals surface area contributed by atoms with E-state index in [2.05, 4.69) is 40.3 Å². The summed E-state index contributed by atoms with van der Waals surface area (Å²) in [6.07, 6.45) is 3.00. The Kier molecular flexibility index (Phi) is 5.85. The summed E-state index contributed by atoms with van der Waals surface area (Å²) in [5.41, 5.74) is 4.80. The molecule has 0 spiro atoms. The average molecular weight is 709 g/mol. The third kappa shape index (κ3) is 5.31. The molecule has 0 bridgehead atoms. The molecule has 39 heavy (non-hydrogen) atoms. The van der Waals surface area contributed by atoms with Gasteiger partial charge >= 0.3 is 0 Å². The summed E-state index contributed by atoms with van der Waals surface area (Å²) in [5.74, 6) is 0. The van der Waals surface area contributed by atoms with Crippen LogP contribution in [0, 0.1) is 39.7 Å². The fraction of sp³-hybridized carbons (Fsp3) is 0.118. The van der Waals surface area contributed by atoms with Gasteiger partial charge in [0.2, 0.25) is 0 Å². The van der Waals surface area contributed by atoms with E-state index in [1.165, 1.54) is 16.5 Å². The molecule has 0 atom stereocenters. The molecular formula is C34H26IrN2OS-2. The van der Waals surface area contributed by atoms with Gasteiger partial charge in [0, 0.05) is 51.0 Å². The minimum atomic E-state index is -2.59. The summed E-state index contributed by atoms with van der Waals surface area (Å²) in [6.45, 7) is -1.09. The molecule has 7 aromatic rings. The van der Waals surface area contributed by atoms with Gasteiger partial charge in [0.25, 0.3) is 0 Å². The first kappa shape index (κ1) is 20.3. The van der Waals surface area contributed by atoms with Gasteiger partial charge in [-0.2, -0.15) is 0 Å². The minimum absolute atomic E-state index is 0. The number of fused-ring (bicyclic) bond motifs is 5. The van der Waals surface area contributed by atoms with Crippen LogP contribution in [0.2, 0.25) is 0 Å². The molecule has 3 aromatic carbocycles. The standard InChI is InChI=1S/C22H16NOS.C12H10N.Ir/c1-12-9-19(23-11-13(12)2)18-6-4-5-16-17-8-7-15-10-14(3)25-22(15)21(17)24-20(16)18;1-10-7-8-12(13-9-10)11-5-3-2-4-6-11;/h4-5,7-11H,1-3H3;2-5,7-9H,1H3;/q2*-1;/i1D3,2D3;;. The SMILES string of the molecule is Cc1ccc(-c2[c-]cccc2)nc1.[2H]C([2H])([2H])c1cnc(-c2[c-]ccc3c2oc2c3ccc3cc(C)sc32)cc1C([2H])([2H])[2H].[Ir]. The molecule has 0 saturated carbocycles. The zero-order valence-corrected chi connectivity index (χ0v) is 24.3. The zero-order valence-electron chi connectivity index (χ0n) is 27.1. The Hall–Kier alpha value is -3.63. The van der Waals surface area contributed by atoms with E-state index in [9.17, 15) is 0 Å². The Morgan fingerprint density at radius 3 is 2.41 bits per heavy atom. The summed E-state index contributed by atoms with van der Waals surface area (Å²) >= 11 is 1.65. The van der Waals surface area contributed by atoms with Gasteiger partial charge in [-0.25, -0.2) is 0 Å². The quantitative estimate of drug-likeness (QED) is 0.168. The smallest absolute Gasteiger partial charge is 0.138 e. The normalized spacial score (nSPS) is 13.8. The molecule has 0 unspecified atom stereocenters. The Labute approximate surface area is 254 Å². The molecule has 0 N–H and O–H groups in total. The molecule has 1 radical (unpaired) electrons. The molecule has 0 aliphatic heterocycles. The largest absolute Gasteiger partial charge is 0.499 e. The maximum atomic E-state index is 7.82. The Morgan fingerprint density at radius 2 is 1.64 bits per heavy atom. The molecule has 0 fully saturated rings. The second-order valence-electron chi connectivity index (χ2n) is 9.03. The van der Waals surface area contributed by atoms with Crippen LogP contribution in [0.3, 0.4) is 0 Å². The maximum Gasteiger partial charge on any atom is 0.138 e. The predicted molar refractivity (Wildman–Crippen MR) is 159 cm³/mol. The van der Waals surface area contributed by atoms with Crippen LogP contribution in [-0.2, 0) is 20.1 Å². The number of furan rings is 1. The van der Waals surface area contributed by atoms with Gasteiger partial charge in [0.05, 0.1) is 10.3 Å². The molecule has 5 heteroatoms. The van der Waals surface area contributed by atoms with Crippen molar-refractivity contribution in [3.05, 3.63) is 119 Å².